The fraction of sp³-hybridized carbons (Fsp3) is 0.200. The molecule has 2 aromatic rings. The molecule has 2 aromatic carbocycles. The van der Waals surface area contributed by atoms with Crippen LogP contribution in [0.5, 0.6) is 0 Å². The van der Waals surface area contributed by atoms with E-state index in [1.165, 1.54) is 7.11 Å². The summed E-state index contributed by atoms with van der Waals surface area (Å²) in [6.45, 7) is 1.36. The summed E-state index contributed by atoms with van der Waals surface area (Å²) in [5, 5.41) is 8.87. The monoisotopic (exact) mass is 333 g/mol. The van der Waals surface area contributed by atoms with E-state index in [9.17, 15) is 4.79 Å². The molecule has 0 atom stereocenters. The summed E-state index contributed by atoms with van der Waals surface area (Å²) in [5.41, 5.74) is 3.95. The molecule has 0 bridgehead atoms. The maximum absolute atomic E-state index is 11.2. The number of nitriles is 1. The number of rotatable bonds is 5. The molecular formula is C20H19N3O2. The van der Waals surface area contributed by atoms with Crippen LogP contribution < -0.4 is 4.90 Å². The lowest BCUT2D eigenvalue weighted by molar-refractivity contribution is -0.140. The smallest absolute Gasteiger partial charge is 0.307 e. The molecule has 3 rings (SSSR count). The summed E-state index contributed by atoms with van der Waals surface area (Å²) in [7, 11) is 1.41. The third kappa shape index (κ3) is 3.99. The highest BCUT2D eigenvalue weighted by atomic mass is 16.5. The first-order valence-corrected chi connectivity index (χ1v) is 8.06. The van der Waals surface area contributed by atoms with E-state index in [1.54, 1.807) is 0 Å². The average Bonchev–Trinajstić information content (AvgIpc) is 3.15. The van der Waals surface area contributed by atoms with Crippen LogP contribution in [-0.4, -0.2) is 31.2 Å². The Labute approximate surface area is 147 Å². The Morgan fingerprint density at radius 3 is 2.32 bits per heavy atom. The number of carbonyl (C=O) groups excluding carboxylic acids is 1. The maximum Gasteiger partial charge on any atom is 0.307 e. The summed E-state index contributed by atoms with van der Waals surface area (Å²) in [5.74, 6) is -0.196. The normalized spacial score (nSPS) is 13.0. The lowest BCUT2D eigenvalue weighted by Gasteiger charge is -2.21. The standard InChI is InChI=1S/C20H19N3O2/c1-25-20(24)10-11-22-12-13-23(15-22)19-8-6-18(7-9-19)17-4-2-16(14-21)3-5-17/h2-9,12-13H,10-11,15H2,1H3. The molecule has 5 heteroatoms. The molecule has 0 spiro atoms. The molecule has 0 radical (unpaired) electrons. The van der Waals surface area contributed by atoms with Crippen LogP contribution in [0.15, 0.2) is 60.9 Å². The van der Waals surface area contributed by atoms with Crippen LogP contribution in [0.4, 0.5) is 5.69 Å². The Hall–Kier alpha value is -3.26. The number of esters is 1. The van der Waals surface area contributed by atoms with E-state index in [2.05, 4.69) is 44.9 Å². The molecule has 0 saturated carbocycles. The lowest BCUT2D eigenvalue weighted by Crippen LogP contribution is -2.27. The van der Waals surface area contributed by atoms with Crippen LogP contribution in [0.3, 0.4) is 0 Å². The van der Waals surface area contributed by atoms with E-state index < -0.39 is 0 Å². The van der Waals surface area contributed by atoms with Crippen LogP contribution >= 0.6 is 0 Å². The van der Waals surface area contributed by atoms with Gasteiger partial charge in [-0.25, -0.2) is 0 Å². The van der Waals surface area contributed by atoms with Crippen molar-refractivity contribution in [3.05, 3.63) is 66.5 Å². The van der Waals surface area contributed by atoms with Crippen LogP contribution in [0.1, 0.15) is 12.0 Å². The summed E-state index contributed by atoms with van der Waals surface area (Å²) in [6, 6.07) is 18.0. The molecular weight excluding hydrogens is 314 g/mol. The molecule has 0 aromatic heterocycles. The quantitative estimate of drug-likeness (QED) is 0.786. The largest absolute Gasteiger partial charge is 0.469 e. The number of methoxy groups -OCH3 is 1. The Morgan fingerprint density at radius 2 is 1.72 bits per heavy atom. The number of ether oxygens (including phenoxy) is 1. The second-order valence-electron chi connectivity index (χ2n) is 5.78. The summed E-state index contributed by atoms with van der Waals surface area (Å²) >= 11 is 0. The molecule has 0 N–H and O–H groups in total. The highest BCUT2D eigenvalue weighted by molar-refractivity contribution is 5.69. The van der Waals surface area contributed by atoms with Crippen molar-refractivity contribution >= 4 is 11.7 Å². The van der Waals surface area contributed by atoms with E-state index >= 15 is 0 Å². The zero-order valence-electron chi connectivity index (χ0n) is 14.1. The number of benzene rings is 2. The first-order chi connectivity index (χ1) is 12.2. The van der Waals surface area contributed by atoms with E-state index in [-0.39, 0.29) is 5.97 Å². The van der Waals surface area contributed by atoms with Crippen molar-refractivity contribution in [1.82, 2.24) is 4.90 Å². The van der Waals surface area contributed by atoms with E-state index in [0.29, 0.717) is 25.2 Å². The minimum atomic E-state index is -0.196. The van der Waals surface area contributed by atoms with Gasteiger partial charge in [0, 0.05) is 24.6 Å². The minimum Gasteiger partial charge on any atom is -0.469 e. The van der Waals surface area contributed by atoms with Crippen LogP contribution in [0.25, 0.3) is 11.1 Å². The van der Waals surface area contributed by atoms with E-state index in [1.807, 2.05) is 36.7 Å². The first-order valence-electron chi connectivity index (χ1n) is 8.06. The van der Waals surface area contributed by atoms with Crippen molar-refractivity contribution < 1.29 is 9.53 Å². The molecule has 1 aliphatic heterocycles. The second kappa shape index (κ2) is 7.54. The minimum absolute atomic E-state index is 0.196. The fourth-order valence-corrected chi connectivity index (χ4v) is 2.70. The molecule has 0 saturated heterocycles. The first kappa shape index (κ1) is 16.6. The van der Waals surface area contributed by atoms with Gasteiger partial charge in [0.2, 0.25) is 0 Å². The molecule has 25 heavy (non-hydrogen) atoms. The van der Waals surface area contributed by atoms with Gasteiger partial charge >= 0.3 is 5.97 Å². The highest BCUT2D eigenvalue weighted by Gasteiger charge is 2.15. The van der Waals surface area contributed by atoms with Crippen molar-refractivity contribution in [2.45, 2.75) is 6.42 Å². The fourth-order valence-electron chi connectivity index (χ4n) is 2.70. The van der Waals surface area contributed by atoms with Gasteiger partial charge in [0.25, 0.3) is 0 Å². The topological polar surface area (TPSA) is 56.6 Å². The Kier molecular flexibility index (Phi) is 5.00. The number of carbonyl (C=O) groups is 1. The van der Waals surface area contributed by atoms with Crippen molar-refractivity contribution in [2.24, 2.45) is 0 Å². The SMILES string of the molecule is COC(=O)CCN1C=CN(c2ccc(-c3ccc(C#N)cc3)cc2)C1. The van der Waals surface area contributed by atoms with Crippen LogP contribution in [0.2, 0.25) is 0 Å². The van der Waals surface area contributed by atoms with Gasteiger partial charge in [-0.15, -0.1) is 0 Å². The van der Waals surface area contributed by atoms with Gasteiger partial charge in [0.1, 0.15) is 0 Å². The van der Waals surface area contributed by atoms with Gasteiger partial charge in [-0.05, 0) is 35.4 Å². The van der Waals surface area contributed by atoms with Crippen molar-refractivity contribution in [3.8, 4) is 17.2 Å². The Morgan fingerprint density at radius 1 is 1.08 bits per heavy atom. The number of nitrogens with zero attached hydrogens (tertiary/aromatic N) is 3. The highest BCUT2D eigenvalue weighted by Crippen LogP contribution is 2.25. The molecule has 0 unspecified atom stereocenters. The summed E-state index contributed by atoms with van der Waals surface area (Å²) < 4.78 is 4.67. The molecule has 1 aliphatic rings. The van der Waals surface area contributed by atoms with Gasteiger partial charge in [-0.2, -0.15) is 5.26 Å². The van der Waals surface area contributed by atoms with E-state index in [0.717, 1.165) is 16.8 Å². The van der Waals surface area contributed by atoms with Gasteiger partial charge in [-0.1, -0.05) is 24.3 Å². The molecule has 126 valence electrons. The molecule has 5 nitrogen and oxygen atoms in total. The summed E-state index contributed by atoms with van der Waals surface area (Å²) in [6.07, 6.45) is 4.37. The summed E-state index contributed by atoms with van der Waals surface area (Å²) in [4.78, 5) is 15.4. The van der Waals surface area contributed by atoms with Gasteiger partial charge in [0.05, 0.1) is 31.8 Å². The predicted molar refractivity (Wildman–Crippen MR) is 96.4 cm³/mol. The van der Waals surface area contributed by atoms with Gasteiger partial charge in [0.15, 0.2) is 0 Å². The third-order valence-electron chi connectivity index (χ3n) is 4.17. The third-order valence-corrected chi connectivity index (χ3v) is 4.17. The van der Waals surface area contributed by atoms with E-state index in [4.69, 9.17) is 5.26 Å². The van der Waals surface area contributed by atoms with Gasteiger partial charge < -0.3 is 14.5 Å². The second-order valence-corrected chi connectivity index (χ2v) is 5.78. The number of hydrogen-bond acceptors (Lipinski definition) is 5. The number of anilines is 1. The van der Waals surface area contributed by atoms with Crippen LogP contribution in [-0.2, 0) is 9.53 Å². The Bertz CT molecular complexity index is 804. The molecule has 0 amide bonds. The van der Waals surface area contributed by atoms with Crippen molar-refractivity contribution in [3.63, 3.8) is 0 Å². The predicted octanol–water partition coefficient (Wildman–Crippen LogP) is 3.34. The van der Waals surface area contributed by atoms with Crippen LogP contribution in [0, 0.1) is 11.3 Å². The van der Waals surface area contributed by atoms with Gasteiger partial charge in [-0.3, -0.25) is 4.79 Å². The maximum atomic E-state index is 11.2. The zero-order valence-corrected chi connectivity index (χ0v) is 14.1. The zero-order chi connectivity index (χ0) is 17.6. The Balaban J connectivity index is 1.62. The van der Waals surface area contributed by atoms with Crippen molar-refractivity contribution in [1.29, 1.82) is 5.26 Å². The number of hydrogen-bond donors (Lipinski definition) is 0. The average molecular weight is 333 g/mol. The molecule has 0 fully saturated rings. The van der Waals surface area contributed by atoms with Crippen molar-refractivity contribution in [2.75, 3.05) is 25.2 Å². The lowest BCUT2D eigenvalue weighted by atomic mass is 10.0. The molecule has 1 heterocycles. The molecule has 0 aliphatic carbocycles.